The number of rotatable bonds is 2. The van der Waals surface area contributed by atoms with E-state index in [1.807, 2.05) is 28.8 Å². The number of nitrogens with one attached hydrogen (secondary N) is 1. The third-order valence-corrected chi connectivity index (χ3v) is 5.67. The van der Waals surface area contributed by atoms with E-state index in [2.05, 4.69) is 4.98 Å². The second-order valence-electron chi connectivity index (χ2n) is 7.13. The summed E-state index contributed by atoms with van der Waals surface area (Å²) < 4.78 is 7.52. The molecule has 0 atom stereocenters. The topological polar surface area (TPSA) is 71.2 Å². The highest BCUT2D eigenvalue weighted by atomic mass is 35.5. The first-order valence-corrected chi connectivity index (χ1v) is 9.65. The number of carbonyl (C=O) groups excluding carboxylic acids is 1. The molecule has 0 unspecified atom stereocenters. The van der Waals surface area contributed by atoms with Gasteiger partial charge in [0.2, 0.25) is 0 Å². The Kier molecular flexibility index (Phi) is 4.02. The van der Waals surface area contributed by atoms with Gasteiger partial charge in [-0.2, -0.15) is 0 Å². The lowest BCUT2D eigenvalue weighted by Gasteiger charge is -2.32. The Morgan fingerprint density at radius 1 is 1.11 bits per heavy atom. The molecule has 7 heteroatoms. The highest BCUT2D eigenvalue weighted by Gasteiger charge is 2.28. The van der Waals surface area contributed by atoms with Crippen LogP contribution in [0, 0.1) is 0 Å². The highest BCUT2D eigenvalue weighted by molar-refractivity contribution is 6.31. The van der Waals surface area contributed by atoms with E-state index in [1.165, 1.54) is 0 Å². The summed E-state index contributed by atoms with van der Waals surface area (Å²) in [5.41, 5.74) is 2.30. The number of imidazole rings is 1. The minimum atomic E-state index is -0.128. The van der Waals surface area contributed by atoms with Crippen molar-refractivity contribution in [3.05, 3.63) is 69.8 Å². The molecule has 0 radical (unpaired) electrons. The third-order valence-electron chi connectivity index (χ3n) is 5.43. The molecule has 1 aliphatic heterocycles. The van der Waals surface area contributed by atoms with E-state index in [0.717, 1.165) is 29.3 Å². The number of piperidine rings is 1. The fraction of sp³-hybridized carbons (Fsp3) is 0.238. The van der Waals surface area contributed by atoms with Gasteiger partial charge in [0.1, 0.15) is 5.58 Å². The number of hydrogen-bond acceptors (Lipinski definition) is 3. The summed E-state index contributed by atoms with van der Waals surface area (Å²) in [5.74, 6) is 0.192. The predicted octanol–water partition coefficient (Wildman–Crippen LogP) is 4.21. The van der Waals surface area contributed by atoms with Gasteiger partial charge < -0.3 is 14.3 Å². The molecule has 3 heterocycles. The minimum absolute atomic E-state index is 0.0715. The van der Waals surface area contributed by atoms with Crippen molar-refractivity contribution in [1.82, 2.24) is 14.5 Å². The van der Waals surface area contributed by atoms with Gasteiger partial charge in [-0.25, -0.2) is 4.79 Å². The molecule has 6 nitrogen and oxygen atoms in total. The average molecular weight is 396 g/mol. The largest absolute Gasteiger partial charge is 0.451 e. The van der Waals surface area contributed by atoms with Crippen LogP contribution in [0.1, 0.15) is 29.4 Å². The van der Waals surface area contributed by atoms with Crippen molar-refractivity contribution in [2.45, 2.75) is 18.9 Å². The Morgan fingerprint density at radius 3 is 2.71 bits per heavy atom. The van der Waals surface area contributed by atoms with E-state index in [9.17, 15) is 9.59 Å². The molecule has 0 saturated carbocycles. The van der Waals surface area contributed by atoms with Gasteiger partial charge in [-0.1, -0.05) is 23.7 Å². The molecule has 142 valence electrons. The molecule has 0 aliphatic carbocycles. The maximum atomic E-state index is 12.9. The summed E-state index contributed by atoms with van der Waals surface area (Å²) in [7, 11) is 0. The van der Waals surface area contributed by atoms with Crippen molar-refractivity contribution in [3.63, 3.8) is 0 Å². The lowest BCUT2D eigenvalue weighted by Crippen LogP contribution is -2.40. The Labute approximate surface area is 165 Å². The Hall–Kier alpha value is -2.99. The van der Waals surface area contributed by atoms with Gasteiger partial charge in [0.15, 0.2) is 5.76 Å². The molecule has 1 fully saturated rings. The fourth-order valence-electron chi connectivity index (χ4n) is 4.04. The SMILES string of the molecule is O=C(c1cc2cc(Cl)ccc2o1)N1CCC(n2c(=O)[nH]c3ccccc32)CC1. The molecule has 5 rings (SSSR count). The summed E-state index contributed by atoms with van der Waals surface area (Å²) in [6.07, 6.45) is 1.44. The number of para-hydroxylation sites is 2. The van der Waals surface area contributed by atoms with Crippen LogP contribution in [0.25, 0.3) is 22.0 Å². The number of furan rings is 1. The van der Waals surface area contributed by atoms with Crippen molar-refractivity contribution in [3.8, 4) is 0 Å². The lowest BCUT2D eigenvalue weighted by atomic mass is 10.0. The molecule has 2 aromatic carbocycles. The molecule has 1 aliphatic rings. The number of benzene rings is 2. The number of likely N-dealkylation sites (tertiary alicyclic amines) is 1. The fourth-order valence-corrected chi connectivity index (χ4v) is 4.22. The summed E-state index contributed by atoms with van der Waals surface area (Å²) in [5, 5.41) is 1.42. The predicted molar refractivity (Wildman–Crippen MR) is 108 cm³/mol. The number of halogens is 1. The van der Waals surface area contributed by atoms with Crippen LogP contribution in [-0.4, -0.2) is 33.4 Å². The van der Waals surface area contributed by atoms with Crippen LogP contribution >= 0.6 is 11.6 Å². The third kappa shape index (κ3) is 2.81. The number of nitrogens with zero attached hydrogens (tertiary/aromatic N) is 2. The van der Waals surface area contributed by atoms with Gasteiger partial charge in [-0.15, -0.1) is 0 Å². The Balaban J connectivity index is 1.35. The van der Waals surface area contributed by atoms with Gasteiger partial charge in [-0.3, -0.25) is 9.36 Å². The normalized spacial score (nSPS) is 15.5. The number of aromatic nitrogens is 2. The minimum Gasteiger partial charge on any atom is -0.451 e. The van der Waals surface area contributed by atoms with E-state index in [4.69, 9.17) is 16.0 Å². The number of H-pyrrole nitrogens is 1. The van der Waals surface area contributed by atoms with Crippen LogP contribution in [-0.2, 0) is 0 Å². The maximum absolute atomic E-state index is 12.9. The number of hydrogen-bond donors (Lipinski definition) is 1. The van der Waals surface area contributed by atoms with E-state index in [-0.39, 0.29) is 17.6 Å². The number of carbonyl (C=O) groups is 1. The van der Waals surface area contributed by atoms with Crippen molar-refractivity contribution >= 4 is 39.5 Å². The van der Waals surface area contributed by atoms with Crippen LogP contribution in [0.5, 0.6) is 0 Å². The zero-order valence-corrected chi connectivity index (χ0v) is 15.8. The van der Waals surface area contributed by atoms with Gasteiger partial charge in [-0.05, 0) is 49.2 Å². The van der Waals surface area contributed by atoms with Crippen LogP contribution in [0.15, 0.2) is 57.7 Å². The molecular weight excluding hydrogens is 378 g/mol. The lowest BCUT2D eigenvalue weighted by molar-refractivity contribution is 0.0665. The first kappa shape index (κ1) is 17.1. The quantitative estimate of drug-likeness (QED) is 0.552. The second-order valence-corrected chi connectivity index (χ2v) is 7.57. The Morgan fingerprint density at radius 2 is 1.89 bits per heavy atom. The van der Waals surface area contributed by atoms with Crippen LogP contribution < -0.4 is 5.69 Å². The van der Waals surface area contributed by atoms with Crippen molar-refractivity contribution in [1.29, 1.82) is 0 Å². The smallest absolute Gasteiger partial charge is 0.326 e. The zero-order chi connectivity index (χ0) is 19.3. The molecule has 0 spiro atoms. The molecule has 0 bridgehead atoms. The van der Waals surface area contributed by atoms with E-state index < -0.39 is 0 Å². The first-order chi connectivity index (χ1) is 13.6. The monoisotopic (exact) mass is 395 g/mol. The van der Waals surface area contributed by atoms with Crippen molar-refractivity contribution in [2.24, 2.45) is 0 Å². The van der Waals surface area contributed by atoms with Gasteiger partial charge in [0, 0.05) is 29.5 Å². The molecule has 1 amide bonds. The van der Waals surface area contributed by atoms with E-state index in [0.29, 0.717) is 29.5 Å². The molecule has 28 heavy (non-hydrogen) atoms. The standard InChI is InChI=1S/C21H18ClN3O3/c22-14-5-6-18-13(11-14)12-19(28-18)20(26)24-9-7-15(8-10-24)25-17-4-2-1-3-16(17)23-21(25)27/h1-6,11-12,15H,7-10H2,(H,23,27). The molecule has 2 aromatic heterocycles. The van der Waals surface area contributed by atoms with Gasteiger partial charge in [0.05, 0.1) is 11.0 Å². The molecular formula is C21H18ClN3O3. The first-order valence-electron chi connectivity index (χ1n) is 9.28. The summed E-state index contributed by atoms with van der Waals surface area (Å²) >= 11 is 6.01. The van der Waals surface area contributed by atoms with Crippen molar-refractivity contribution < 1.29 is 9.21 Å². The van der Waals surface area contributed by atoms with E-state index in [1.54, 1.807) is 29.2 Å². The highest BCUT2D eigenvalue weighted by Crippen LogP contribution is 2.28. The van der Waals surface area contributed by atoms with Crippen molar-refractivity contribution in [2.75, 3.05) is 13.1 Å². The number of amides is 1. The second kappa shape index (κ2) is 6.56. The Bertz CT molecular complexity index is 1240. The molecule has 1 saturated heterocycles. The number of aromatic amines is 1. The van der Waals surface area contributed by atoms with Crippen LogP contribution in [0.3, 0.4) is 0 Å². The van der Waals surface area contributed by atoms with Gasteiger partial charge in [0.25, 0.3) is 5.91 Å². The summed E-state index contributed by atoms with van der Waals surface area (Å²) in [6, 6.07) is 14.8. The van der Waals surface area contributed by atoms with Crippen LogP contribution in [0.4, 0.5) is 0 Å². The average Bonchev–Trinajstić information content (AvgIpc) is 3.27. The zero-order valence-electron chi connectivity index (χ0n) is 15.0. The molecule has 4 aromatic rings. The maximum Gasteiger partial charge on any atom is 0.326 e. The van der Waals surface area contributed by atoms with Crippen LogP contribution in [0.2, 0.25) is 5.02 Å². The van der Waals surface area contributed by atoms with E-state index >= 15 is 0 Å². The van der Waals surface area contributed by atoms with Gasteiger partial charge >= 0.3 is 5.69 Å². The number of fused-ring (bicyclic) bond motifs is 2. The summed E-state index contributed by atoms with van der Waals surface area (Å²) in [6.45, 7) is 1.15. The molecule has 1 N–H and O–H groups in total. The summed E-state index contributed by atoms with van der Waals surface area (Å²) in [4.78, 5) is 29.9.